The number of hydrogen-bond donors (Lipinski definition) is 2. The molecule has 0 unspecified atom stereocenters. The number of benzene rings is 2. The number of hydrogen-bond acceptors (Lipinski definition) is 7. The topological polar surface area (TPSA) is 59.6 Å². The number of nitrogens with one attached hydrogen (secondary N) is 2. The summed E-state index contributed by atoms with van der Waals surface area (Å²) in [5.74, 6) is 1.86. The zero-order valence-electron chi connectivity index (χ0n) is 24.1. The summed E-state index contributed by atoms with van der Waals surface area (Å²) in [4.78, 5) is 17.7. The van der Waals surface area contributed by atoms with E-state index in [1.165, 1.54) is 48.2 Å². The molecule has 212 valence electrons. The van der Waals surface area contributed by atoms with Gasteiger partial charge in [-0.05, 0) is 62.7 Å². The fourth-order valence-electron chi connectivity index (χ4n) is 6.34. The third kappa shape index (κ3) is 6.82. The molecule has 1 aliphatic carbocycles. The van der Waals surface area contributed by atoms with Crippen LogP contribution in [0.25, 0.3) is 11.4 Å². The SMILES string of the molecule is CN1CCN(c2ccc(-c3nc4c(c(NCCCNC5CCCC5)n3)CN(Cc3ccccc3)CC4)cc2)CC1. The van der Waals surface area contributed by atoms with Gasteiger partial charge >= 0.3 is 0 Å². The van der Waals surface area contributed by atoms with Crippen LogP contribution in [0.5, 0.6) is 0 Å². The van der Waals surface area contributed by atoms with E-state index in [2.05, 4.69) is 87.0 Å². The van der Waals surface area contributed by atoms with Gasteiger partial charge in [0.15, 0.2) is 5.82 Å². The van der Waals surface area contributed by atoms with Gasteiger partial charge in [-0.15, -0.1) is 0 Å². The molecule has 6 rings (SSSR count). The van der Waals surface area contributed by atoms with Crippen molar-refractivity contribution >= 4 is 11.5 Å². The van der Waals surface area contributed by atoms with Gasteiger partial charge in [-0.3, -0.25) is 4.90 Å². The van der Waals surface area contributed by atoms with E-state index in [9.17, 15) is 0 Å². The molecule has 0 amide bonds. The summed E-state index contributed by atoms with van der Waals surface area (Å²) in [5.41, 5.74) is 6.21. The highest BCUT2D eigenvalue weighted by atomic mass is 15.2. The number of piperazine rings is 1. The third-order valence-corrected chi connectivity index (χ3v) is 8.82. The summed E-state index contributed by atoms with van der Waals surface area (Å²) in [6.07, 6.45) is 7.47. The molecule has 7 nitrogen and oxygen atoms in total. The third-order valence-electron chi connectivity index (χ3n) is 8.82. The van der Waals surface area contributed by atoms with Crippen LogP contribution in [0.15, 0.2) is 54.6 Å². The van der Waals surface area contributed by atoms with E-state index in [1.54, 1.807) is 0 Å². The molecular weight excluding hydrogens is 494 g/mol. The average Bonchev–Trinajstić information content (AvgIpc) is 3.52. The second-order valence-corrected chi connectivity index (χ2v) is 11.8. The molecule has 7 heteroatoms. The number of fused-ring (bicyclic) bond motifs is 1. The summed E-state index contributed by atoms with van der Waals surface area (Å²) in [5, 5.41) is 7.48. The van der Waals surface area contributed by atoms with Crippen LogP contribution in [-0.4, -0.2) is 78.7 Å². The van der Waals surface area contributed by atoms with E-state index in [1.807, 2.05) is 0 Å². The van der Waals surface area contributed by atoms with Crippen molar-refractivity contribution in [2.45, 2.75) is 57.7 Å². The Balaban J connectivity index is 1.17. The zero-order chi connectivity index (χ0) is 27.1. The first-order chi connectivity index (χ1) is 19.7. The minimum absolute atomic E-state index is 0.721. The highest BCUT2D eigenvalue weighted by molar-refractivity contribution is 5.63. The molecular formula is C33H45N7. The van der Waals surface area contributed by atoms with E-state index >= 15 is 0 Å². The molecule has 3 heterocycles. The Labute approximate surface area is 240 Å². The first kappa shape index (κ1) is 27.2. The monoisotopic (exact) mass is 539 g/mol. The van der Waals surface area contributed by atoms with E-state index in [0.29, 0.717) is 0 Å². The molecule has 2 aliphatic heterocycles. The number of aromatic nitrogens is 2. The van der Waals surface area contributed by atoms with Gasteiger partial charge in [0.1, 0.15) is 5.82 Å². The van der Waals surface area contributed by atoms with E-state index in [4.69, 9.17) is 9.97 Å². The molecule has 1 saturated heterocycles. The first-order valence-electron chi connectivity index (χ1n) is 15.4. The Kier molecular flexibility index (Phi) is 8.91. The predicted octanol–water partition coefficient (Wildman–Crippen LogP) is 4.79. The van der Waals surface area contributed by atoms with Crippen LogP contribution >= 0.6 is 0 Å². The Morgan fingerprint density at radius 2 is 1.62 bits per heavy atom. The zero-order valence-corrected chi connectivity index (χ0v) is 24.1. The van der Waals surface area contributed by atoms with Crippen LogP contribution in [0.4, 0.5) is 11.5 Å². The first-order valence-corrected chi connectivity index (χ1v) is 15.4. The van der Waals surface area contributed by atoms with Crippen molar-refractivity contribution in [3.8, 4) is 11.4 Å². The lowest BCUT2D eigenvalue weighted by atomic mass is 10.0. The van der Waals surface area contributed by atoms with Crippen molar-refractivity contribution in [1.82, 2.24) is 25.1 Å². The van der Waals surface area contributed by atoms with Gasteiger partial charge < -0.3 is 20.4 Å². The number of nitrogens with zero attached hydrogens (tertiary/aromatic N) is 5. The van der Waals surface area contributed by atoms with Gasteiger partial charge in [-0.1, -0.05) is 43.2 Å². The van der Waals surface area contributed by atoms with Crippen LogP contribution < -0.4 is 15.5 Å². The van der Waals surface area contributed by atoms with Gasteiger partial charge in [0.05, 0.1) is 5.69 Å². The molecule has 40 heavy (non-hydrogen) atoms. The van der Waals surface area contributed by atoms with Gasteiger partial charge in [0.25, 0.3) is 0 Å². The lowest BCUT2D eigenvalue weighted by molar-refractivity contribution is 0.243. The number of likely N-dealkylation sites (N-methyl/N-ethyl adjacent to an activating group) is 1. The van der Waals surface area contributed by atoms with Crippen molar-refractivity contribution in [1.29, 1.82) is 0 Å². The molecule has 0 atom stereocenters. The van der Waals surface area contributed by atoms with Crippen LogP contribution in [0, 0.1) is 0 Å². The van der Waals surface area contributed by atoms with Crippen molar-refractivity contribution in [3.05, 3.63) is 71.4 Å². The van der Waals surface area contributed by atoms with E-state index in [-0.39, 0.29) is 0 Å². The molecule has 1 aromatic heterocycles. The van der Waals surface area contributed by atoms with Crippen molar-refractivity contribution in [2.75, 3.05) is 63.1 Å². The summed E-state index contributed by atoms with van der Waals surface area (Å²) in [6.45, 7) is 9.23. The predicted molar refractivity (Wildman–Crippen MR) is 165 cm³/mol. The molecule has 3 aliphatic rings. The highest BCUT2D eigenvalue weighted by Gasteiger charge is 2.23. The molecule has 0 radical (unpaired) electrons. The molecule has 0 bridgehead atoms. The maximum Gasteiger partial charge on any atom is 0.161 e. The second-order valence-electron chi connectivity index (χ2n) is 11.8. The summed E-state index contributed by atoms with van der Waals surface area (Å²) < 4.78 is 0. The fourth-order valence-corrected chi connectivity index (χ4v) is 6.34. The van der Waals surface area contributed by atoms with Crippen LogP contribution in [0.1, 0.15) is 48.9 Å². The molecule has 0 spiro atoms. The van der Waals surface area contributed by atoms with Crippen LogP contribution in [0.3, 0.4) is 0 Å². The smallest absolute Gasteiger partial charge is 0.161 e. The lowest BCUT2D eigenvalue weighted by Crippen LogP contribution is -2.44. The number of anilines is 2. The minimum atomic E-state index is 0.721. The Morgan fingerprint density at radius 3 is 2.40 bits per heavy atom. The Bertz CT molecular complexity index is 1220. The minimum Gasteiger partial charge on any atom is -0.370 e. The Hall–Kier alpha value is -3.00. The summed E-state index contributed by atoms with van der Waals surface area (Å²) in [7, 11) is 2.20. The lowest BCUT2D eigenvalue weighted by Gasteiger charge is -2.34. The van der Waals surface area contributed by atoms with Crippen molar-refractivity contribution in [3.63, 3.8) is 0 Å². The van der Waals surface area contributed by atoms with Crippen molar-refractivity contribution in [2.24, 2.45) is 0 Å². The fraction of sp³-hybridized carbons (Fsp3) is 0.515. The van der Waals surface area contributed by atoms with E-state index < -0.39 is 0 Å². The quantitative estimate of drug-likeness (QED) is 0.359. The van der Waals surface area contributed by atoms with Gasteiger partial charge in [0.2, 0.25) is 0 Å². The average molecular weight is 540 g/mol. The molecule has 2 N–H and O–H groups in total. The maximum absolute atomic E-state index is 5.14. The molecule has 1 saturated carbocycles. The normalized spacial score (nSPS) is 18.7. The number of rotatable bonds is 10. The Morgan fingerprint density at radius 1 is 0.850 bits per heavy atom. The molecule has 3 aromatic rings. The highest BCUT2D eigenvalue weighted by Crippen LogP contribution is 2.29. The second kappa shape index (κ2) is 13.1. The van der Waals surface area contributed by atoms with Crippen molar-refractivity contribution < 1.29 is 0 Å². The standard InChI is InChI=1S/C33H45N7/c1-38-20-22-40(23-21-38)29-14-12-27(13-15-29)32-36-31-16-19-39(24-26-8-3-2-4-9-26)25-30(31)33(37-32)35-18-7-17-34-28-10-5-6-11-28/h2-4,8-9,12-15,28,34H,5-7,10-11,16-25H2,1H3,(H,35,36,37). The van der Waals surface area contributed by atoms with Crippen LogP contribution in [-0.2, 0) is 19.5 Å². The van der Waals surface area contributed by atoms with Gasteiger partial charge in [-0.25, -0.2) is 9.97 Å². The maximum atomic E-state index is 5.14. The molecule has 2 aromatic carbocycles. The van der Waals surface area contributed by atoms with Gasteiger partial charge in [-0.2, -0.15) is 0 Å². The summed E-state index contributed by atoms with van der Waals surface area (Å²) >= 11 is 0. The molecule has 2 fully saturated rings. The van der Waals surface area contributed by atoms with E-state index in [0.717, 1.165) is 95.0 Å². The van der Waals surface area contributed by atoms with Gasteiger partial charge in [0, 0.05) is 81.6 Å². The van der Waals surface area contributed by atoms with Crippen LogP contribution in [0.2, 0.25) is 0 Å². The largest absolute Gasteiger partial charge is 0.370 e. The summed E-state index contributed by atoms with van der Waals surface area (Å²) in [6, 6.07) is 20.4.